The molecule has 17 heavy (non-hydrogen) atoms. The third-order valence-corrected chi connectivity index (χ3v) is 2.91. The molecule has 0 spiro atoms. The number of hydrogen-bond acceptors (Lipinski definition) is 2. The molecule has 4 heteroatoms. The van der Waals surface area contributed by atoms with Crippen molar-refractivity contribution in [1.82, 2.24) is 0 Å². The number of guanidine groups is 1. The van der Waals surface area contributed by atoms with E-state index in [1.807, 2.05) is 6.07 Å². The Hall–Kier alpha value is -1.97. The second-order valence-corrected chi connectivity index (χ2v) is 4.01. The van der Waals surface area contributed by atoms with Crippen LogP contribution in [0.3, 0.4) is 0 Å². The van der Waals surface area contributed by atoms with Crippen LogP contribution in [0.4, 0.5) is 0 Å². The van der Waals surface area contributed by atoms with Gasteiger partial charge in [0.2, 0.25) is 0 Å². The molecule has 0 unspecified atom stereocenters. The van der Waals surface area contributed by atoms with Gasteiger partial charge in [-0.1, -0.05) is 12.1 Å². The van der Waals surface area contributed by atoms with Crippen LogP contribution in [0, 0.1) is 0 Å². The average molecular weight is 231 g/mol. The monoisotopic (exact) mass is 231 g/mol. The lowest BCUT2D eigenvalue weighted by Crippen LogP contribution is -2.22. The molecule has 0 heterocycles. The number of nitrogens with zero attached hydrogens (tertiary/aromatic N) is 1. The Bertz CT molecular complexity index is 474. The number of aliphatic imine (C=N–C) groups is 1. The second kappa shape index (κ2) is 4.91. The Morgan fingerprint density at radius 3 is 2.94 bits per heavy atom. The van der Waals surface area contributed by atoms with E-state index in [4.69, 9.17) is 16.2 Å². The maximum absolute atomic E-state index is 5.31. The van der Waals surface area contributed by atoms with E-state index in [1.54, 1.807) is 7.11 Å². The number of benzene rings is 1. The molecule has 90 valence electrons. The van der Waals surface area contributed by atoms with Crippen LogP contribution in [-0.2, 0) is 6.42 Å². The quantitative estimate of drug-likeness (QED) is 0.606. The molecule has 0 atom stereocenters. The first-order chi connectivity index (χ1) is 8.20. The van der Waals surface area contributed by atoms with Crippen molar-refractivity contribution in [3.8, 4) is 5.75 Å². The Kier molecular flexibility index (Phi) is 3.32. The molecule has 0 bridgehead atoms. The highest BCUT2D eigenvalue weighted by atomic mass is 16.5. The number of ether oxygens (including phenoxy) is 1. The largest absolute Gasteiger partial charge is 0.497 e. The highest BCUT2D eigenvalue weighted by molar-refractivity contribution is 5.77. The summed E-state index contributed by atoms with van der Waals surface area (Å²) in [6.45, 7) is 0.630. The van der Waals surface area contributed by atoms with Gasteiger partial charge in [-0.3, -0.25) is 4.99 Å². The van der Waals surface area contributed by atoms with Crippen molar-refractivity contribution >= 4 is 11.5 Å². The summed E-state index contributed by atoms with van der Waals surface area (Å²) in [4.78, 5) is 4.00. The van der Waals surface area contributed by atoms with Gasteiger partial charge < -0.3 is 16.2 Å². The van der Waals surface area contributed by atoms with Crippen LogP contribution in [0.15, 0.2) is 29.3 Å². The molecular weight excluding hydrogens is 214 g/mol. The summed E-state index contributed by atoms with van der Waals surface area (Å²) >= 11 is 0. The molecule has 4 N–H and O–H groups in total. The molecule has 0 fully saturated rings. The van der Waals surface area contributed by atoms with Crippen molar-refractivity contribution in [2.24, 2.45) is 16.5 Å². The minimum atomic E-state index is 0.148. The molecule has 0 aliphatic heterocycles. The van der Waals surface area contributed by atoms with E-state index in [9.17, 15) is 0 Å². The van der Waals surface area contributed by atoms with Crippen LogP contribution in [0.2, 0.25) is 0 Å². The highest BCUT2D eigenvalue weighted by Gasteiger charge is 2.14. The topological polar surface area (TPSA) is 73.6 Å². The average Bonchev–Trinajstić information content (AvgIpc) is 2.71. The van der Waals surface area contributed by atoms with Gasteiger partial charge >= 0.3 is 0 Å². The van der Waals surface area contributed by atoms with Crippen molar-refractivity contribution in [2.45, 2.75) is 12.8 Å². The highest BCUT2D eigenvalue weighted by Crippen LogP contribution is 2.32. The van der Waals surface area contributed by atoms with Crippen LogP contribution in [-0.4, -0.2) is 19.6 Å². The van der Waals surface area contributed by atoms with Crippen molar-refractivity contribution in [1.29, 1.82) is 0 Å². The van der Waals surface area contributed by atoms with E-state index in [0.29, 0.717) is 6.54 Å². The van der Waals surface area contributed by atoms with Gasteiger partial charge in [0, 0.05) is 6.54 Å². The van der Waals surface area contributed by atoms with Crippen molar-refractivity contribution in [3.05, 3.63) is 35.4 Å². The minimum Gasteiger partial charge on any atom is -0.497 e. The van der Waals surface area contributed by atoms with E-state index < -0.39 is 0 Å². The lowest BCUT2D eigenvalue weighted by atomic mass is 10.0. The van der Waals surface area contributed by atoms with Crippen molar-refractivity contribution in [2.75, 3.05) is 13.7 Å². The zero-order valence-corrected chi connectivity index (χ0v) is 9.94. The Morgan fingerprint density at radius 1 is 1.41 bits per heavy atom. The minimum absolute atomic E-state index is 0.148. The summed E-state index contributed by atoms with van der Waals surface area (Å²) in [6.07, 6.45) is 4.07. The maximum atomic E-state index is 5.31. The number of nitrogens with two attached hydrogens (primary N) is 2. The molecule has 0 aromatic heterocycles. The molecule has 0 saturated heterocycles. The fourth-order valence-corrected chi connectivity index (χ4v) is 2.04. The van der Waals surface area contributed by atoms with Gasteiger partial charge in [-0.25, -0.2) is 0 Å². The first kappa shape index (κ1) is 11.5. The number of hydrogen-bond donors (Lipinski definition) is 2. The molecule has 0 amide bonds. The van der Waals surface area contributed by atoms with E-state index in [0.717, 1.165) is 18.6 Å². The standard InChI is InChI=1S/C13H17N3O/c1-17-11-5-4-9-2-3-10(12(9)8-11)6-7-16-13(14)15/h3-5,8H,2,6-7H2,1H3,(H4,14,15,16). The Balaban J connectivity index is 2.11. The van der Waals surface area contributed by atoms with E-state index in [2.05, 4.69) is 23.2 Å². The van der Waals surface area contributed by atoms with Crippen LogP contribution >= 0.6 is 0 Å². The van der Waals surface area contributed by atoms with Gasteiger partial charge in [0.1, 0.15) is 5.75 Å². The molecule has 0 saturated carbocycles. The molecule has 1 aliphatic rings. The summed E-state index contributed by atoms with van der Waals surface area (Å²) in [5.41, 5.74) is 14.5. The number of methoxy groups -OCH3 is 1. The smallest absolute Gasteiger partial charge is 0.185 e. The lowest BCUT2D eigenvalue weighted by Gasteiger charge is -2.07. The first-order valence-corrected chi connectivity index (χ1v) is 5.62. The van der Waals surface area contributed by atoms with Crippen LogP contribution in [0.25, 0.3) is 5.57 Å². The first-order valence-electron chi connectivity index (χ1n) is 5.62. The molecule has 4 nitrogen and oxygen atoms in total. The van der Waals surface area contributed by atoms with Crippen LogP contribution in [0.1, 0.15) is 17.5 Å². The summed E-state index contributed by atoms with van der Waals surface area (Å²) in [6, 6.07) is 6.17. The Labute approximate surface area is 101 Å². The van der Waals surface area contributed by atoms with E-state index in [-0.39, 0.29) is 5.96 Å². The van der Waals surface area contributed by atoms with Gasteiger partial charge in [0.25, 0.3) is 0 Å². The zero-order chi connectivity index (χ0) is 12.3. The lowest BCUT2D eigenvalue weighted by molar-refractivity contribution is 0.414. The summed E-state index contributed by atoms with van der Waals surface area (Å²) in [7, 11) is 1.68. The fraction of sp³-hybridized carbons (Fsp3) is 0.308. The summed E-state index contributed by atoms with van der Waals surface area (Å²) < 4.78 is 5.24. The molecular formula is C13H17N3O. The fourth-order valence-electron chi connectivity index (χ4n) is 2.04. The predicted molar refractivity (Wildman–Crippen MR) is 70.0 cm³/mol. The van der Waals surface area contributed by atoms with E-state index in [1.165, 1.54) is 16.7 Å². The van der Waals surface area contributed by atoms with Gasteiger partial charge in [-0.05, 0) is 41.7 Å². The van der Waals surface area contributed by atoms with Crippen molar-refractivity contribution in [3.63, 3.8) is 0 Å². The third-order valence-electron chi connectivity index (χ3n) is 2.91. The van der Waals surface area contributed by atoms with Crippen LogP contribution < -0.4 is 16.2 Å². The van der Waals surface area contributed by atoms with Gasteiger partial charge in [0.05, 0.1) is 7.11 Å². The van der Waals surface area contributed by atoms with Gasteiger partial charge in [-0.15, -0.1) is 0 Å². The van der Waals surface area contributed by atoms with Gasteiger partial charge in [0.15, 0.2) is 5.96 Å². The Morgan fingerprint density at radius 2 is 2.24 bits per heavy atom. The number of allylic oxidation sites excluding steroid dienone is 1. The van der Waals surface area contributed by atoms with Crippen molar-refractivity contribution < 1.29 is 4.74 Å². The summed E-state index contributed by atoms with van der Waals surface area (Å²) in [5, 5.41) is 0. The molecule has 0 radical (unpaired) electrons. The molecule has 2 rings (SSSR count). The van der Waals surface area contributed by atoms with Gasteiger partial charge in [-0.2, -0.15) is 0 Å². The number of fused-ring (bicyclic) bond motifs is 1. The normalized spacial score (nSPS) is 12.9. The predicted octanol–water partition coefficient (Wildman–Crippen LogP) is 1.30. The molecule has 1 aliphatic carbocycles. The summed E-state index contributed by atoms with van der Waals surface area (Å²) in [5.74, 6) is 1.04. The SMILES string of the molecule is COc1ccc2c(c1)C(CCN=C(N)N)=CC2. The second-order valence-electron chi connectivity index (χ2n) is 4.01. The number of rotatable bonds is 4. The third kappa shape index (κ3) is 2.58. The van der Waals surface area contributed by atoms with E-state index >= 15 is 0 Å². The zero-order valence-electron chi connectivity index (χ0n) is 9.94. The maximum Gasteiger partial charge on any atom is 0.185 e. The van der Waals surface area contributed by atoms with Crippen LogP contribution in [0.5, 0.6) is 5.75 Å². The molecule has 1 aromatic carbocycles. The molecule has 1 aromatic rings.